The number of methoxy groups -OCH3 is 1. The van der Waals surface area contributed by atoms with E-state index in [2.05, 4.69) is 4.99 Å². The Balaban J connectivity index is 2.82. The Morgan fingerprint density at radius 3 is 2.57 bits per heavy atom. The average molecular weight is 191 g/mol. The molecule has 72 valence electrons. The maximum absolute atomic E-state index is 11.3. The second kappa shape index (κ2) is 5.07. The summed E-state index contributed by atoms with van der Waals surface area (Å²) in [6.07, 6.45) is 1.42. The van der Waals surface area contributed by atoms with Crippen LogP contribution in [0.3, 0.4) is 0 Å². The lowest BCUT2D eigenvalue weighted by Gasteiger charge is -1.98. The van der Waals surface area contributed by atoms with Crippen molar-refractivity contribution in [1.82, 2.24) is 0 Å². The Kier molecular flexibility index (Phi) is 3.73. The van der Waals surface area contributed by atoms with Crippen molar-refractivity contribution < 1.29 is 14.3 Å². The molecule has 0 spiro atoms. The van der Waals surface area contributed by atoms with Crippen LogP contribution in [-0.4, -0.2) is 25.6 Å². The van der Waals surface area contributed by atoms with Gasteiger partial charge in [-0.15, -0.1) is 0 Å². The lowest BCUT2D eigenvalue weighted by molar-refractivity contribution is 0.0848. The van der Waals surface area contributed by atoms with Crippen molar-refractivity contribution in [2.24, 2.45) is 4.99 Å². The molecule has 0 amide bonds. The Morgan fingerprint density at radius 1 is 1.43 bits per heavy atom. The van der Waals surface area contributed by atoms with Gasteiger partial charge < -0.3 is 4.74 Å². The fourth-order valence-corrected chi connectivity index (χ4v) is 0.989. The fourth-order valence-electron chi connectivity index (χ4n) is 0.989. The number of rotatable bonds is 4. The molecule has 0 bridgehead atoms. The maximum atomic E-state index is 11.3. The lowest BCUT2D eigenvalue weighted by atomic mass is 10.1. The summed E-state index contributed by atoms with van der Waals surface area (Å²) in [7, 11) is 1.46. The van der Waals surface area contributed by atoms with Crippen LogP contribution in [0, 0.1) is 0 Å². The fraction of sp³-hybridized carbons (Fsp3) is 0.200. The van der Waals surface area contributed by atoms with Crippen LogP contribution < -0.4 is 0 Å². The van der Waals surface area contributed by atoms with E-state index in [0.717, 1.165) is 0 Å². The molecule has 0 N–H and O–H groups in total. The predicted octanol–water partition coefficient (Wildman–Crippen LogP) is 1.48. The van der Waals surface area contributed by atoms with Crippen molar-refractivity contribution in [3.05, 3.63) is 29.8 Å². The quantitative estimate of drug-likeness (QED) is 0.411. The van der Waals surface area contributed by atoms with Gasteiger partial charge in [0.05, 0.1) is 5.69 Å². The molecule has 4 nitrogen and oxygen atoms in total. The molecule has 0 saturated carbocycles. The van der Waals surface area contributed by atoms with Crippen LogP contribution >= 0.6 is 0 Å². The third kappa shape index (κ3) is 2.62. The summed E-state index contributed by atoms with van der Waals surface area (Å²) in [5.41, 5.74) is 1.02. The zero-order valence-electron chi connectivity index (χ0n) is 7.69. The number of benzene rings is 1. The van der Waals surface area contributed by atoms with Crippen molar-refractivity contribution in [3.8, 4) is 0 Å². The third-order valence-electron chi connectivity index (χ3n) is 1.64. The highest BCUT2D eigenvalue weighted by Crippen LogP contribution is 2.12. The number of aliphatic imine (C=N–C) groups is 1. The number of ketones is 1. The highest BCUT2D eigenvalue weighted by molar-refractivity contribution is 5.97. The minimum atomic E-state index is -0.103. The number of ether oxygens (including phenoxy) is 1. The summed E-state index contributed by atoms with van der Waals surface area (Å²) in [4.78, 5) is 24.6. The molecule has 1 aromatic carbocycles. The standard InChI is InChI=1S/C10H9NO3/c1-14-6-10(13)8-2-4-9(5-3-8)11-7-12/h2-5H,6H2,1H3. The average Bonchev–Trinajstić information content (AvgIpc) is 2.20. The number of nitrogens with zero attached hydrogens (tertiary/aromatic N) is 1. The van der Waals surface area contributed by atoms with E-state index in [1.807, 2.05) is 0 Å². The molecule has 0 radical (unpaired) electrons. The normalized spacial score (nSPS) is 9.21. The number of carbonyl (C=O) groups is 1. The summed E-state index contributed by atoms with van der Waals surface area (Å²) >= 11 is 0. The summed E-state index contributed by atoms with van der Waals surface area (Å²) in [6.45, 7) is 0.0519. The van der Waals surface area contributed by atoms with Gasteiger partial charge in [-0.1, -0.05) is 0 Å². The first-order valence-electron chi connectivity index (χ1n) is 3.98. The first kappa shape index (κ1) is 10.3. The van der Waals surface area contributed by atoms with Gasteiger partial charge in [-0.25, -0.2) is 4.79 Å². The largest absolute Gasteiger partial charge is 0.377 e. The van der Waals surface area contributed by atoms with Crippen molar-refractivity contribution in [2.75, 3.05) is 13.7 Å². The minimum absolute atomic E-state index is 0.0519. The Labute approximate surface area is 81.2 Å². The van der Waals surface area contributed by atoms with Crippen LogP contribution in [0.4, 0.5) is 5.69 Å². The van der Waals surface area contributed by atoms with Gasteiger partial charge in [0.1, 0.15) is 6.61 Å². The van der Waals surface area contributed by atoms with E-state index < -0.39 is 0 Å². The van der Waals surface area contributed by atoms with Gasteiger partial charge >= 0.3 is 0 Å². The molecule has 0 atom stereocenters. The molecule has 0 aliphatic carbocycles. The second-order valence-electron chi connectivity index (χ2n) is 2.61. The number of carbonyl (C=O) groups excluding carboxylic acids is 2. The van der Waals surface area contributed by atoms with Crippen molar-refractivity contribution in [1.29, 1.82) is 0 Å². The monoisotopic (exact) mass is 191 g/mol. The lowest BCUT2D eigenvalue weighted by Crippen LogP contribution is -2.06. The van der Waals surface area contributed by atoms with Crippen LogP contribution in [0.5, 0.6) is 0 Å². The van der Waals surface area contributed by atoms with Gasteiger partial charge in [-0.3, -0.25) is 4.79 Å². The van der Waals surface area contributed by atoms with E-state index in [9.17, 15) is 9.59 Å². The van der Waals surface area contributed by atoms with Gasteiger partial charge in [-0.2, -0.15) is 4.99 Å². The molecule has 0 heterocycles. The van der Waals surface area contributed by atoms with E-state index in [-0.39, 0.29) is 12.4 Å². The molecule has 4 heteroatoms. The summed E-state index contributed by atoms with van der Waals surface area (Å²) < 4.78 is 4.70. The molecule has 0 aliphatic heterocycles. The second-order valence-corrected chi connectivity index (χ2v) is 2.61. The highest BCUT2D eigenvalue weighted by atomic mass is 16.5. The number of isocyanates is 1. The predicted molar refractivity (Wildman–Crippen MR) is 50.4 cm³/mol. The third-order valence-corrected chi connectivity index (χ3v) is 1.64. The molecule has 14 heavy (non-hydrogen) atoms. The Morgan fingerprint density at radius 2 is 2.07 bits per heavy atom. The smallest absolute Gasteiger partial charge is 0.240 e. The van der Waals surface area contributed by atoms with E-state index >= 15 is 0 Å². The van der Waals surface area contributed by atoms with E-state index in [1.165, 1.54) is 13.2 Å². The van der Waals surface area contributed by atoms with Crippen LogP contribution in [0.25, 0.3) is 0 Å². The van der Waals surface area contributed by atoms with Crippen LogP contribution in [-0.2, 0) is 9.53 Å². The summed E-state index contributed by atoms with van der Waals surface area (Å²) in [5, 5.41) is 0. The molecule has 1 aromatic rings. The van der Waals surface area contributed by atoms with E-state index in [4.69, 9.17) is 4.74 Å². The highest BCUT2D eigenvalue weighted by Gasteiger charge is 2.03. The van der Waals surface area contributed by atoms with Gasteiger partial charge in [-0.05, 0) is 24.3 Å². The van der Waals surface area contributed by atoms with Crippen molar-refractivity contribution in [3.63, 3.8) is 0 Å². The van der Waals surface area contributed by atoms with Crippen LogP contribution in [0.2, 0.25) is 0 Å². The number of Topliss-reactive ketones (excluding diaryl/α,β-unsaturated/α-hetero) is 1. The van der Waals surface area contributed by atoms with Gasteiger partial charge in [0.25, 0.3) is 0 Å². The molecular formula is C10H9NO3. The number of hydrogen-bond donors (Lipinski definition) is 0. The minimum Gasteiger partial charge on any atom is -0.377 e. The summed E-state index contributed by atoms with van der Waals surface area (Å²) in [6, 6.07) is 6.34. The van der Waals surface area contributed by atoms with Gasteiger partial charge in [0.2, 0.25) is 6.08 Å². The molecule has 0 fully saturated rings. The van der Waals surface area contributed by atoms with E-state index in [0.29, 0.717) is 11.3 Å². The van der Waals surface area contributed by atoms with Crippen LogP contribution in [0.1, 0.15) is 10.4 Å². The van der Waals surface area contributed by atoms with Crippen LogP contribution in [0.15, 0.2) is 29.3 Å². The van der Waals surface area contributed by atoms with Crippen molar-refractivity contribution in [2.45, 2.75) is 0 Å². The van der Waals surface area contributed by atoms with E-state index in [1.54, 1.807) is 24.3 Å². The molecule has 0 saturated heterocycles. The summed E-state index contributed by atoms with van der Waals surface area (Å²) in [5.74, 6) is -0.103. The zero-order chi connectivity index (χ0) is 10.4. The topological polar surface area (TPSA) is 55.7 Å². The SMILES string of the molecule is COCC(=O)c1ccc(N=C=O)cc1. The molecule has 0 unspecified atom stereocenters. The molecular weight excluding hydrogens is 182 g/mol. The maximum Gasteiger partial charge on any atom is 0.240 e. The first-order valence-corrected chi connectivity index (χ1v) is 3.98. The first-order chi connectivity index (χ1) is 6.77. The van der Waals surface area contributed by atoms with Gasteiger partial charge in [0.15, 0.2) is 5.78 Å². The van der Waals surface area contributed by atoms with Gasteiger partial charge in [0, 0.05) is 12.7 Å². The molecule has 0 aromatic heterocycles. The molecule has 1 rings (SSSR count). The molecule has 0 aliphatic rings. The van der Waals surface area contributed by atoms with Crippen molar-refractivity contribution >= 4 is 17.6 Å². The zero-order valence-corrected chi connectivity index (χ0v) is 7.69. The number of hydrogen-bond acceptors (Lipinski definition) is 4. The Hall–Kier alpha value is -1.77. The Bertz CT molecular complexity index is 363.